The molecule has 0 saturated heterocycles. The molecule has 0 amide bonds. The number of benzene rings is 1. The van der Waals surface area contributed by atoms with Gasteiger partial charge in [-0.1, -0.05) is 13.8 Å². The van der Waals surface area contributed by atoms with Crippen molar-refractivity contribution in [1.82, 2.24) is 10.2 Å². The van der Waals surface area contributed by atoms with E-state index in [1.54, 1.807) is 6.07 Å². The largest absolute Gasteiger partial charge is 0.493 e. The van der Waals surface area contributed by atoms with Gasteiger partial charge >= 0.3 is 0 Å². The number of nitrogens with zero attached hydrogens (tertiary/aromatic N) is 2. The molecule has 1 aliphatic carbocycles. The van der Waals surface area contributed by atoms with Gasteiger partial charge in [0.05, 0.1) is 25.7 Å². The van der Waals surface area contributed by atoms with Crippen LogP contribution in [0.1, 0.15) is 20.3 Å². The standard InChI is InChI=1S/C18H22FN3O4S/c1-18(2)9-11(18)10-26-12-5-6-14(19)13(7-12)15-8-16(22-27(4,23)24)17(25-3)21-20-15/h5-8,11H,9-10H2,1-4H3,(H,20,22). The highest BCUT2D eigenvalue weighted by atomic mass is 32.2. The average Bonchev–Trinajstić information content (AvgIpc) is 3.19. The number of aromatic nitrogens is 2. The molecule has 1 aliphatic rings. The fourth-order valence-electron chi connectivity index (χ4n) is 2.78. The highest BCUT2D eigenvalue weighted by Gasteiger charge is 2.45. The molecule has 1 fully saturated rings. The molecule has 1 unspecified atom stereocenters. The van der Waals surface area contributed by atoms with Crippen molar-refractivity contribution in [3.8, 4) is 22.9 Å². The van der Waals surface area contributed by atoms with Crippen LogP contribution in [0.5, 0.6) is 11.6 Å². The number of rotatable bonds is 7. The maximum absolute atomic E-state index is 14.3. The van der Waals surface area contributed by atoms with Crippen LogP contribution in [0.4, 0.5) is 10.1 Å². The maximum Gasteiger partial charge on any atom is 0.257 e. The number of hydrogen-bond acceptors (Lipinski definition) is 6. The Bertz CT molecular complexity index is 963. The van der Waals surface area contributed by atoms with Crippen LogP contribution in [-0.2, 0) is 10.0 Å². The van der Waals surface area contributed by atoms with Gasteiger partial charge in [-0.2, -0.15) is 0 Å². The third kappa shape index (κ3) is 4.65. The molecule has 1 N–H and O–H groups in total. The molecule has 27 heavy (non-hydrogen) atoms. The molecular formula is C18H22FN3O4S. The minimum absolute atomic E-state index is 0.00653. The zero-order chi connectivity index (χ0) is 19.8. The second-order valence-corrected chi connectivity index (χ2v) is 9.12. The zero-order valence-electron chi connectivity index (χ0n) is 15.6. The van der Waals surface area contributed by atoms with Gasteiger partial charge in [0.15, 0.2) is 0 Å². The highest BCUT2D eigenvalue weighted by molar-refractivity contribution is 7.92. The summed E-state index contributed by atoms with van der Waals surface area (Å²) < 4.78 is 50.5. The van der Waals surface area contributed by atoms with Crippen molar-refractivity contribution in [3.63, 3.8) is 0 Å². The lowest BCUT2D eigenvalue weighted by atomic mass is 10.1. The topological polar surface area (TPSA) is 90.4 Å². The van der Waals surface area contributed by atoms with Gasteiger partial charge in [0.2, 0.25) is 10.0 Å². The molecule has 2 aromatic rings. The lowest BCUT2D eigenvalue weighted by Crippen LogP contribution is -2.12. The third-order valence-electron chi connectivity index (χ3n) is 4.63. The van der Waals surface area contributed by atoms with Gasteiger partial charge in [0, 0.05) is 5.56 Å². The number of ether oxygens (including phenoxy) is 2. The van der Waals surface area contributed by atoms with Crippen molar-refractivity contribution in [2.75, 3.05) is 24.7 Å². The zero-order valence-corrected chi connectivity index (χ0v) is 16.4. The predicted molar refractivity (Wildman–Crippen MR) is 99.8 cm³/mol. The van der Waals surface area contributed by atoms with Crippen LogP contribution < -0.4 is 14.2 Å². The lowest BCUT2D eigenvalue weighted by Gasteiger charge is -2.12. The maximum atomic E-state index is 14.3. The number of nitrogens with one attached hydrogen (secondary N) is 1. The van der Waals surface area contributed by atoms with E-state index in [9.17, 15) is 12.8 Å². The Balaban J connectivity index is 1.88. The quantitative estimate of drug-likeness (QED) is 0.775. The minimum Gasteiger partial charge on any atom is -0.493 e. The van der Waals surface area contributed by atoms with Crippen LogP contribution in [0.2, 0.25) is 0 Å². The first-order valence-electron chi connectivity index (χ1n) is 8.41. The molecule has 0 aliphatic heterocycles. The van der Waals surface area contributed by atoms with Crippen molar-refractivity contribution in [2.24, 2.45) is 11.3 Å². The first-order valence-corrected chi connectivity index (χ1v) is 10.3. The number of hydrogen-bond donors (Lipinski definition) is 1. The fraction of sp³-hybridized carbons (Fsp3) is 0.444. The molecule has 1 aromatic heterocycles. The first-order chi connectivity index (χ1) is 12.6. The third-order valence-corrected chi connectivity index (χ3v) is 5.22. The summed E-state index contributed by atoms with van der Waals surface area (Å²) in [5.41, 5.74) is 0.692. The molecule has 1 heterocycles. The fourth-order valence-corrected chi connectivity index (χ4v) is 3.33. The van der Waals surface area contributed by atoms with Crippen molar-refractivity contribution >= 4 is 15.7 Å². The van der Waals surface area contributed by atoms with Crippen LogP contribution in [0.25, 0.3) is 11.3 Å². The smallest absolute Gasteiger partial charge is 0.257 e. The Morgan fingerprint density at radius 1 is 1.30 bits per heavy atom. The SMILES string of the molecule is COc1nnc(-c2cc(OCC3CC3(C)C)ccc2F)cc1NS(C)(=O)=O. The highest BCUT2D eigenvalue weighted by Crippen LogP contribution is 2.51. The molecule has 9 heteroatoms. The summed E-state index contributed by atoms with van der Waals surface area (Å²) in [7, 11) is -2.23. The van der Waals surface area contributed by atoms with Gasteiger partial charge in [-0.25, -0.2) is 12.8 Å². The number of anilines is 1. The molecule has 0 radical (unpaired) electrons. The summed E-state index contributed by atoms with van der Waals surface area (Å²) in [6, 6.07) is 5.75. The van der Waals surface area contributed by atoms with E-state index in [-0.39, 0.29) is 28.2 Å². The van der Waals surface area contributed by atoms with Crippen LogP contribution in [0.15, 0.2) is 24.3 Å². The van der Waals surface area contributed by atoms with Crippen molar-refractivity contribution in [1.29, 1.82) is 0 Å². The van der Waals surface area contributed by atoms with Gasteiger partial charge in [-0.3, -0.25) is 4.72 Å². The van der Waals surface area contributed by atoms with E-state index in [1.807, 2.05) is 0 Å². The van der Waals surface area contributed by atoms with Gasteiger partial charge < -0.3 is 9.47 Å². The second kappa shape index (κ2) is 6.95. The predicted octanol–water partition coefficient (Wildman–Crippen LogP) is 3.09. The van der Waals surface area contributed by atoms with Crippen LogP contribution in [0.3, 0.4) is 0 Å². The van der Waals surface area contributed by atoms with E-state index in [4.69, 9.17) is 9.47 Å². The summed E-state index contributed by atoms with van der Waals surface area (Å²) in [6.07, 6.45) is 2.10. The summed E-state index contributed by atoms with van der Waals surface area (Å²) in [5.74, 6) is 0.480. The van der Waals surface area contributed by atoms with Gasteiger partial charge in [0.25, 0.3) is 5.88 Å². The molecule has 0 spiro atoms. The van der Waals surface area contributed by atoms with E-state index in [2.05, 4.69) is 28.8 Å². The lowest BCUT2D eigenvalue weighted by molar-refractivity contribution is 0.279. The van der Waals surface area contributed by atoms with Crippen LogP contribution in [-0.4, -0.2) is 38.6 Å². The Morgan fingerprint density at radius 3 is 2.59 bits per heavy atom. The minimum atomic E-state index is -3.57. The van der Waals surface area contributed by atoms with Crippen molar-refractivity contribution in [3.05, 3.63) is 30.1 Å². The van der Waals surface area contributed by atoms with E-state index in [1.165, 1.54) is 25.3 Å². The molecule has 146 valence electrons. The van der Waals surface area contributed by atoms with Crippen molar-refractivity contribution in [2.45, 2.75) is 20.3 Å². The number of methoxy groups -OCH3 is 1. The first kappa shape index (κ1) is 19.3. The molecule has 1 saturated carbocycles. The Labute approximate surface area is 158 Å². The van der Waals surface area contributed by atoms with Crippen LogP contribution >= 0.6 is 0 Å². The average molecular weight is 395 g/mol. The molecule has 7 nitrogen and oxygen atoms in total. The summed E-state index contributed by atoms with van der Waals surface area (Å²) >= 11 is 0. The number of sulfonamides is 1. The Kier molecular flexibility index (Phi) is 4.98. The number of halogens is 1. The molecule has 0 bridgehead atoms. The summed E-state index contributed by atoms with van der Waals surface area (Å²) in [6.45, 7) is 4.92. The molecule has 1 atom stereocenters. The molecule has 3 rings (SSSR count). The Morgan fingerprint density at radius 2 is 2.00 bits per heavy atom. The van der Waals surface area contributed by atoms with Gasteiger partial charge in [-0.15, -0.1) is 10.2 Å². The summed E-state index contributed by atoms with van der Waals surface area (Å²) in [4.78, 5) is 0. The van der Waals surface area contributed by atoms with Gasteiger partial charge in [-0.05, 0) is 42.0 Å². The van der Waals surface area contributed by atoms with E-state index in [0.29, 0.717) is 18.3 Å². The van der Waals surface area contributed by atoms with E-state index >= 15 is 0 Å². The monoisotopic (exact) mass is 395 g/mol. The van der Waals surface area contributed by atoms with Gasteiger partial charge in [0.1, 0.15) is 17.3 Å². The molecule has 1 aromatic carbocycles. The van der Waals surface area contributed by atoms with Crippen molar-refractivity contribution < 1.29 is 22.3 Å². The summed E-state index contributed by atoms with van der Waals surface area (Å²) in [5, 5.41) is 7.76. The van der Waals surface area contributed by atoms with E-state index < -0.39 is 15.8 Å². The Hall–Kier alpha value is -2.42. The normalized spacial score (nSPS) is 18.0. The second-order valence-electron chi connectivity index (χ2n) is 7.37. The molecular weight excluding hydrogens is 373 g/mol. The van der Waals surface area contributed by atoms with E-state index in [0.717, 1.165) is 12.7 Å². The van der Waals surface area contributed by atoms with Crippen LogP contribution in [0, 0.1) is 17.2 Å².